The Morgan fingerprint density at radius 1 is 0.623 bits per heavy atom. The average molecular weight is 1030 g/mol. The van der Waals surface area contributed by atoms with Crippen LogP contribution in [-0.2, 0) is 41.5 Å². The Bertz CT molecular complexity index is 1760. The molecule has 4 aliphatic rings. The fourth-order valence-corrected chi connectivity index (χ4v) is 10.2. The molecule has 0 bridgehead atoms. The maximum atomic E-state index is 11.6. The molecule has 2 aromatic carbocycles. The molecule has 2 heterocycles. The molecule has 0 aromatic heterocycles. The van der Waals surface area contributed by atoms with Crippen LogP contribution in [0.3, 0.4) is 0 Å². The zero-order valence-electron chi connectivity index (χ0n) is 38.6. The molecule has 0 radical (unpaired) electrons. The predicted molar refractivity (Wildman–Crippen MR) is 242 cm³/mol. The summed E-state index contributed by atoms with van der Waals surface area (Å²) in [6.45, 7) is 21.6. The first-order valence-corrected chi connectivity index (χ1v) is 22.1. The van der Waals surface area contributed by atoms with Crippen LogP contribution in [0.4, 0.5) is 0 Å². The number of ether oxygens (including phenoxy) is 2. The van der Waals surface area contributed by atoms with E-state index in [1.807, 2.05) is 24.3 Å². The van der Waals surface area contributed by atoms with Crippen LogP contribution in [0.25, 0.3) is 12.3 Å². The number of carbonyl (C=O) groups is 2. The van der Waals surface area contributed by atoms with E-state index in [1.54, 1.807) is 0 Å². The molecule has 6 rings (SSSR count). The molecule has 0 amide bonds. The summed E-state index contributed by atoms with van der Waals surface area (Å²) >= 11 is 0. The first-order chi connectivity index (χ1) is 27.1. The van der Waals surface area contributed by atoms with E-state index in [9.17, 15) is 30.0 Å². The van der Waals surface area contributed by atoms with Crippen molar-refractivity contribution in [1.82, 2.24) is 0 Å². The van der Waals surface area contributed by atoms with Crippen LogP contribution < -0.4 is 9.47 Å². The quantitative estimate of drug-likeness (QED) is 0.134. The van der Waals surface area contributed by atoms with Gasteiger partial charge in [-0.15, -0.1) is 0 Å². The minimum atomic E-state index is -0.862. The van der Waals surface area contributed by atoms with Gasteiger partial charge in [-0.1, -0.05) is 105 Å². The number of allylic oxidation sites excluding steroid dienone is 2. The van der Waals surface area contributed by atoms with Crippen molar-refractivity contribution in [2.24, 2.45) is 11.8 Å². The van der Waals surface area contributed by atoms with Crippen molar-refractivity contribution in [3.05, 3.63) is 82.1 Å². The third-order valence-electron chi connectivity index (χ3n) is 14.0. The molecule has 0 saturated heterocycles. The zero-order chi connectivity index (χ0) is 42.8. The molecular formula is C50H76N2O8Pt. The minimum Gasteiger partial charge on any atom is -0.693 e. The van der Waals surface area contributed by atoms with Crippen LogP contribution in [0.1, 0.15) is 193 Å². The molecule has 61 heavy (non-hydrogen) atoms. The van der Waals surface area contributed by atoms with E-state index in [-0.39, 0.29) is 79.4 Å². The number of phenols is 2. The molecule has 2 aliphatic heterocycles. The van der Waals surface area contributed by atoms with Crippen molar-refractivity contribution < 1.29 is 60.6 Å². The van der Waals surface area contributed by atoms with Crippen molar-refractivity contribution in [2.75, 3.05) is 0 Å². The predicted octanol–water partition coefficient (Wildman–Crippen LogP) is 14.1. The van der Waals surface area contributed by atoms with E-state index in [4.69, 9.17) is 9.47 Å². The van der Waals surface area contributed by atoms with Crippen LogP contribution in [0.15, 0.2) is 47.6 Å². The van der Waals surface area contributed by atoms with E-state index >= 15 is 0 Å². The van der Waals surface area contributed by atoms with Gasteiger partial charge in [0.1, 0.15) is 34.2 Å². The molecule has 4 unspecified atom stereocenters. The van der Waals surface area contributed by atoms with Crippen molar-refractivity contribution in [3.8, 4) is 23.0 Å². The number of rotatable bonds is 14. The van der Waals surface area contributed by atoms with Crippen molar-refractivity contribution in [1.29, 1.82) is 0 Å². The van der Waals surface area contributed by atoms with Crippen LogP contribution in [-0.4, -0.2) is 43.6 Å². The van der Waals surface area contributed by atoms with Crippen molar-refractivity contribution in [2.45, 2.75) is 193 Å². The van der Waals surface area contributed by atoms with Gasteiger partial charge >= 0.3 is 33.0 Å². The smallest absolute Gasteiger partial charge is 0.693 e. The number of carboxylic acid groups (broad SMARTS) is 2. The number of benzene rings is 2. The number of nitrogens with two attached hydrogens (primary N) is 2. The largest absolute Gasteiger partial charge is 2.00 e. The van der Waals surface area contributed by atoms with Crippen LogP contribution in [0, 0.1) is 11.8 Å². The molecular weight excluding hydrogens is 952 g/mol. The second-order valence-electron chi connectivity index (χ2n) is 20.0. The maximum absolute atomic E-state index is 11.6. The van der Waals surface area contributed by atoms with Gasteiger partial charge in [0, 0.05) is 45.9 Å². The summed E-state index contributed by atoms with van der Waals surface area (Å²) in [5.74, 6) is 0.441. The Morgan fingerprint density at radius 3 is 1.28 bits per heavy atom. The Kier molecular flexibility index (Phi) is 18.8. The monoisotopic (exact) mass is 1030 g/mol. The molecule has 0 saturated carbocycles. The van der Waals surface area contributed by atoms with E-state index < -0.39 is 23.1 Å². The van der Waals surface area contributed by atoms with Crippen molar-refractivity contribution >= 4 is 11.9 Å². The first kappa shape index (κ1) is 53.8. The standard InChI is InChI=1S/2C25H36O4.2H2N.Pt/c2*1-6-7-8-9-12-24(2,3)17-14-20(26)22-18-13-16(23(27)28)10-11-19(18)25(4,5)29-21(22)15-17;;;/h2*10,14-15,18-19,26H,6-9,11-13H2,1-5H3,(H,27,28);2*1H2;/q;;2*-1;+2. The number of carboxylic acids is 2. The zero-order valence-corrected chi connectivity index (χ0v) is 40.8. The van der Waals surface area contributed by atoms with E-state index in [0.29, 0.717) is 36.8 Å². The molecule has 8 N–H and O–H groups in total. The third kappa shape index (κ3) is 12.0. The molecule has 0 spiro atoms. The summed E-state index contributed by atoms with van der Waals surface area (Å²) in [7, 11) is 0. The summed E-state index contributed by atoms with van der Waals surface area (Å²) in [6.07, 6.45) is 17.7. The molecule has 10 nitrogen and oxygen atoms in total. The van der Waals surface area contributed by atoms with Gasteiger partial charge in [-0.3, -0.25) is 0 Å². The Balaban J connectivity index is 0.000000400. The topological polar surface area (TPSA) is 201 Å². The summed E-state index contributed by atoms with van der Waals surface area (Å²) < 4.78 is 12.8. The average Bonchev–Trinajstić information content (AvgIpc) is 3.14. The summed E-state index contributed by atoms with van der Waals surface area (Å²) in [5.41, 5.74) is 3.70. The second-order valence-corrected chi connectivity index (χ2v) is 20.0. The van der Waals surface area contributed by atoms with Gasteiger partial charge in [-0.25, -0.2) is 9.59 Å². The van der Waals surface area contributed by atoms with Gasteiger partial charge in [0.05, 0.1) is 0 Å². The van der Waals surface area contributed by atoms with E-state index in [0.717, 1.165) is 46.6 Å². The fourth-order valence-electron chi connectivity index (χ4n) is 10.2. The van der Waals surface area contributed by atoms with Crippen LogP contribution in [0.5, 0.6) is 23.0 Å². The number of phenolic OH excluding ortho intramolecular Hbond substituents is 2. The van der Waals surface area contributed by atoms with Crippen LogP contribution >= 0.6 is 0 Å². The third-order valence-corrected chi connectivity index (χ3v) is 14.0. The number of fused-ring (bicyclic) bond motifs is 6. The fraction of sp³-hybridized carbons (Fsp3) is 0.640. The second kappa shape index (κ2) is 21.4. The molecule has 2 aromatic rings. The minimum absolute atomic E-state index is 0. The van der Waals surface area contributed by atoms with Crippen LogP contribution in [0.2, 0.25) is 0 Å². The molecule has 344 valence electrons. The SMILES string of the molecule is CCCCCCC(C)(C)c1cc(O)c2c(c1)OC(C)(C)C1CC=C(C(=O)O)CC21.CCCCCCC(C)(C)c1cc(O)c2c(c1)OC(C)(C)C1CC=C(C(=O)O)CC21.[NH2-].[NH2-].[Pt+2]. The van der Waals surface area contributed by atoms with Crippen molar-refractivity contribution in [3.63, 3.8) is 0 Å². The van der Waals surface area contributed by atoms with Gasteiger partial charge in [-0.05, 0) is 112 Å². The van der Waals surface area contributed by atoms with Gasteiger partial charge < -0.3 is 42.2 Å². The summed E-state index contributed by atoms with van der Waals surface area (Å²) in [6, 6.07) is 7.95. The van der Waals surface area contributed by atoms with Gasteiger partial charge in [0.15, 0.2) is 0 Å². The molecule has 11 heteroatoms. The normalized spacial score (nSPS) is 21.7. The maximum Gasteiger partial charge on any atom is 2.00 e. The number of aromatic hydroxyl groups is 2. The van der Waals surface area contributed by atoms with Gasteiger partial charge in [0.2, 0.25) is 0 Å². The molecule has 0 fully saturated rings. The number of aliphatic carboxylic acids is 2. The van der Waals surface area contributed by atoms with Gasteiger partial charge in [0.25, 0.3) is 0 Å². The number of hydrogen-bond donors (Lipinski definition) is 4. The Labute approximate surface area is 380 Å². The Hall–Kier alpha value is -3.33. The Morgan fingerprint density at radius 2 is 0.967 bits per heavy atom. The first-order valence-electron chi connectivity index (χ1n) is 22.1. The van der Waals surface area contributed by atoms with E-state index in [1.165, 1.54) is 51.4 Å². The molecule has 2 aliphatic carbocycles. The number of hydrogen-bond acceptors (Lipinski definition) is 6. The number of unbranched alkanes of at least 4 members (excludes halogenated alkanes) is 6. The summed E-state index contributed by atoms with van der Waals surface area (Å²) in [4.78, 5) is 23.1. The molecule has 4 atom stereocenters. The van der Waals surface area contributed by atoms with Gasteiger partial charge in [-0.2, -0.15) is 0 Å². The van der Waals surface area contributed by atoms with E-state index in [2.05, 4.69) is 81.4 Å². The summed E-state index contributed by atoms with van der Waals surface area (Å²) in [5, 5.41) is 41.0.